The molecule has 0 radical (unpaired) electrons. The van der Waals surface area contributed by atoms with E-state index in [-0.39, 0.29) is 5.91 Å². The largest absolute Gasteiger partial charge is 0.359 e. The minimum Gasteiger partial charge on any atom is -0.359 e. The number of fused-ring (bicyclic) bond motifs is 1. The number of rotatable bonds is 5. The van der Waals surface area contributed by atoms with Gasteiger partial charge in [0, 0.05) is 36.8 Å². The summed E-state index contributed by atoms with van der Waals surface area (Å²) < 4.78 is 0. The van der Waals surface area contributed by atoms with E-state index < -0.39 is 0 Å². The summed E-state index contributed by atoms with van der Waals surface area (Å²) in [6.45, 7) is 0. The van der Waals surface area contributed by atoms with Crippen molar-refractivity contribution in [2.75, 3.05) is 7.05 Å². The number of aromatic nitrogens is 2. The highest BCUT2D eigenvalue weighted by atomic mass is 16.1. The van der Waals surface area contributed by atoms with E-state index in [1.807, 2.05) is 18.3 Å². The van der Waals surface area contributed by atoms with Crippen LogP contribution in [0.4, 0.5) is 0 Å². The van der Waals surface area contributed by atoms with Crippen molar-refractivity contribution < 1.29 is 4.79 Å². The molecule has 3 aromatic rings. The molecule has 0 atom stereocenters. The third-order valence-electron chi connectivity index (χ3n) is 4.80. The molecule has 0 spiro atoms. The molecule has 4 nitrogen and oxygen atoms in total. The molecule has 4 rings (SSSR count). The summed E-state index contributed by atoms with van der Waals surface area (Å²) in [4.78, 5) is 20.6. The SMILES string of the molecule is CNC(=O)CCc1ccc2c(C3CC3)cc(-c3cccnc3)nc2c1. The Kier molecular flexibility index (Phi) is 4.18. The van der Waals surface area contributed by atoms with E-state index in [2.05, 4.69) is 34.6 Å². The summed E-state index contributed by atoms with van der Waals surface area (Å²) in [5, 5.41) is 3.91. The van der Waals surface area contributed by atoms with Crippen LogP contribution in [0, 0.1) is 0 Å². The minimum atomic E-state index is 0.0656. The van der Waals surface area contributed by atoms with Crippen LogP contribution in [0.2, 0.25) is 0 Å². The molecule has 1 N–H and O–H groups in total. The second-order valence-electron chi connectivity index (χ2n) is 6.64. The van der Waals surface area contributed by atoms with Gasteiger partial charge in [-0.05, 0) is 60.6 Å². The topological polar surface area (TPSA) is 54.9 Å². The maximum absolute atomic E-state index is 11.5. The fourth-order valence-corrected chi connectivity index (χ4v) is 3.23. The van der Waals surface area contributed by atoms with Gasteiger partial charge in [-0.3, -0.25) is 9.78 Å². The molecule has 2 heterocycles. The number of amides is 1. The van der Waals surface area contributed by atoms with Gasteiger partial charge >= 0.3 is 0 Å². The van der Waals surface area contributed by atoms with E-state index in [9.17, 15) is 4.79 Å². The van der Waals surface area contributed by atoms with Gasteiger partial charge in [-0.25, -0.2) is 4.98 Å². The van der Waals surface area contributed by atoms with E-state index in [4.69, 9.17) is 4.98 Å². The van der Waals surface area contributed by atoms with Crippen LogP contribution in [-0.4, -0.2) is 22.9 Å². The van der Waals surface area contributed by atoms with Gasteiger partial charge in [0.05, 0.1) is 11.2 Å². The lowest BCUT2D eigenvalue weighted by Crippen LogP contribution is -2.17. The number of carbonyl (C=O) groups excluding carboxylic acids is 1. The van der Waals surface area contributed by atoms with Crippen LogP contribution < -0.4 is 5.32 Å². The first-order valence-corrected chi connectivity index (χ1v) is 8.79. The molecule has 0 bridgehead atoms. The van der Waals surface area contributed by atoms with Crippen molar-refractivity contribution in [2.45, 2.75) is 31.6 Å². The van der Waals surface area contributed by atoms with Gasteiger partial charge in [0.25, 0.3) is 0 Å². The Morgan fingerprint density at radius 3 is 2.84 bits per heavy atom. The van der Waals surface area contributed by atoms with E-state index in [0.29, 0.717) is 12.3 Å². The summed E-state index contributed by atoms with van der Waals surface area (Å²) in [7, 11) is 1.67. The third-order valence-corrected chi connectivity index (χ3v) is 4.80. The monoisotopic (exact) mass is 331 g/mol. The van der Waals surface area contributed by atoms with Gasteiger partial charge in [-0.1, -0.05) is 12.1 Å². The average Bonchev–Trinajstić information content (AvgIpc) is 3.50. The Bertz CT molecular complexity index is 917. The fourth-order valence-electron chi connectivity index (χ4n) is 3.23. The van der Waals surface area contributed by atoms with Crippen molar-refractivity contribution >= 4 is 16.8 Å². The van der Waals surface area contributed by atoms with Crippen molar-refractivity contribution in [1.82, 2.24) is 15.3 Å². The quantitative estimate of drug-likeness (QED) is 0.772. The highest BCUT2D eigenvalue weighted by Crippen LogP contribution is 2.44. The first-order valence-electron chi connectivity index (χ1n) is 8.79. The van der Waals surface area contributed by atoms with Crippen molar-refractivity contribution in [3.63, 3.8) is 0 Å². The number of nitrogens with zero attached hydrogens (tertiary/aromatic N) is 2. The van der Waals surface area contributed by atoms with Crippen LogP contribution in [0.3, 0.4) is 0 Å². The molecule has 1 saturated carbocycles. The number of aryl methyl sites for hydroxylation is 1. The summed E-state index contributed by atoms with van der Waals surface area (Å²) in [5.41, 5.74) is 5.57. The van der Waals surface area contributed by atoms with Crippen LogP contribution in [-0.2, 0) is 11.2 Å². The zero-order valence-electron chi connectivity index (χ0n) is 14.3. The average molecular weight is 331 g/mol. The first-order chi connectivity index (χ1) is 12.2. The first kappa shape index (κ1) is 15.8. The van der Waals surface area contributed by atoms with Crippen LogP contribution in [0.15, 0.2) is 48.8 Å². The molecule has 1 aliphatic carbocycles. The summed E-state index contributed by atoms with van der Waals surface area (Å²) in [6.07, 6.45) is 7.38. The maximum atomic E-state index is 11.5. The Labute approximate surface area is 147 Å². The molecular weight excluding hydrogens is 310 g/mol. The molecule has 1 aliphatic rings. The lowest BCUT2D eigenvalue weighted by molar-refractivity contribution is -0.120. The van der Waals surface area contributed by atoms with Crippen molar-refractivity contribution in [3.8, 4) is 11.3 Å². The van der Waals surface area contributed by atoms with Gasteiger partial charge in [-0.2, -0.15) is 0 Å². The van der Waals surface area contributed by atoms with Crippen LogP contribution in [0.5, 0.6) is 0 Å². The molecule has 0 saturated heterocycles. The zero-order valence-corrected chi connectivity index (χ0v) is 14.3. The number of hydrogen-bond acceptors (Lipinski definition) is 3. The Morgan fingerprint density at radius 1 is 1.24 bits per heavy atom. The number of carbonyl (C=O) groups is 1. The van der Waals surface area contributed by atoms with Crippen molar-refractivity contribution in [2.24, 2.45) is 0 Å². The van der Waals surface area contributed by atoms with Crippen LogP contribution in [0.25, 0.3) is 22.2 Å². The predicted molar refractivity (Wildman–Crippen MR) is 99.3 cm³/mol. The Balaban J connectivity index is 1.76. The Morgan fingerprint density at radius 2 is 2.12 bits per heavy atom. The van der Waals surface area contributed by atoms with E-state index >= 15 is 0 Å². The van der Waals surface area contributed by atoms with Gasteiger partial charge in [0.1, 0.15) is 0 Å². The normalized spacial score (nSPS) is 13.8. The molecule has 126 valence electrons. The second-order valence-corrected chi connectivity index (χ2v) is 6.64. The number of nitrogens with one attached hydrogen (secondary N) is 1. The predicted octanol–water partition coefficient (Wildman–Crippen LogP) is 3.85. The van der Waals surface area contributed by atoms with Crippen molar-refractivity contribution in [1.29, 1.82) is 0 Å². The lowest BCUT2D eigenvalue weighted by Gasteiger charge is -2.11. The molecule has 0 aliphatic heterocycles. The fraction of sp³-hybridized carbons (Fsp3) is 0.286. The van der Waals surface area contributed by atoms with E-state index in [1.165, 1.54) is 23.8 Å². The minimum absolute atomic E-state index is 0.0656. The maximum Gasteiger partial charge on any atom is 0.220 e. The molecular formula is C21H21N3O. The Hall–Kier alpha value is -2.75. The second kappa shape index (κ2) is 6.63. The highest BCUT2D eigenvalue weighted by molar-refractivity contribution is 5.86. The molecule has 2 aromatic heterocycles. The highest BCUT2D eigenvalue weighted by Gasteiger charge is 2.26. The zero-order chi connectivity index (χ0) is 17.2. The molecule has 0 unspecified atom stereocenters. The smallest absolute Gasteiger partial charge is 0.220 e. The number of pyridine rings is 2. The number of benzene rings is 1. The summed E-state index contributed by atoms with van der Waals surface area (Å²) in [5.74, 6) is 0.716. The van der Waals surface area contributed by atoms with Gasteiger partial charge < -0.3 is 5.32 Å². The molecule has 1 aromatic carbocycles. The summed E-state index contributed by atoms with van der Waals surface area (Å²) in [6, 6.07) is 12.6. The third kappa shape index (κ3) is 3.38. The van der Waals surface area contributed by atoms with E-state index in [0.717, 1.165) is 28.8 Å². The number of hydrogen-bond donors (Lipinski definition) is 1. The van der Waals surface area contributed by atoms with Gasteiger partial charge in [0.2, 0.25) is 5.91 Å². The lowest BCUT2D eigenvalue weighted by atomic mass is 9.99. The van der Waals surface area contributed by atoms with Crippen LogP contribution in [0.1, 0.15) is 36.3 Å². The molecule has 1 fully saturated rings. The van der Waals surface area contributed by atoms with Crippen molar-refractivity contribution in [3.05, 3.63) is 59.9 Å². The van der Waals surface area contributed by atoms with Gasteiger partial charge in [-0.15, -0.1) is 0 Å². The van der Waals surface area contributed by atoms with Gasteiger partial charge in [0.15, 0.2) is 0 Å². The van der Waals surface area contributed by atoms with Crippen LogP contribution >= 0.6 is 0 Å². The molecule has 1 amide bonds. The molecule has 4 heteroatoms. The summed E-state index contributed by atoms with van der Waals surface area (Å²) >= 11 is 0. The standard InChI is InChI=1S/C21H21N3O/c1-22-21(25)9-5-14-4-8-17-18(15-6-7-15)12-19(24-20(17)11-14)16-3-2-10-23-13-16/h2-4,8,10-13,15H,5-7,9H2,1H3,(H,22,25). The molecule has 25 heavy (non-hydrogen) atoms. The van der Waals surface area contributed by atoms with E-state index in [1.54, 1.807) is 13.2 Å².